The lowest BCUT2D eigenvalue weighted by atomic mass is 9.96. The standard InChI is InChI=1S/C13H22N4/c1-13(2,3)9-17(4)8-10-5-6-16-11(7-10)12(14)15/h5-7H,8-9H2,1-4H3,(H3,14,15). The molecule has 4 nitrogen and oxygen atoms in total. The first-order chi connectivity index (χ1) is 7.78. The molecule has 0 fully saturated rings. The summed E-state index contributed by atoms with van der Waals surface area (Å²) in [5.74, 6) is 0.0188. The van der Waals surface area contributed by atoms with Crippen molar-refractivity contribution >= 4 is 5.84 Å². The third-order valence-corrected chi connectivity index (χ3v) is 2.30. The summed E-state index contributed by atoms with van der Waals surface area (Å²) < 4.78 is 0. The van der Waals surface area contributed by atoms with Crippen LogP contribution in [-0.2, 0) is 6.54 Å². The van der Waals surface area contributed by atoms with E-state index in [0.29, 0.717) is 5.69 Å². The third kappa shape index (κ3) is 4.95. The van der Waals surface area contributed by atoms with Gasteiger partial charge in [-0.05, 0) is 30.2 Å². The molecule has 0 saturated heterocycles. The first kappa shape index (κ1) is 13.6. The van der Waals surface area contributed by atoms with Crippen LogP contribution in [0.25, 0.3) is 0 Å². The maximum absolute atomic E-state index is 7.36. The normalized spacial score (nSPS) is 11.8. The molecular formula is C13H22N4. The summed E-state index contributed by atoms with van der Waals surface area (Å²) in [6.07, 6.45) is 1.71. The number of nitrogens with one attached hydrogen (secondary N) is 1. The number of aromatic nitrogens is 1. The van der Waals surface area contributed by atoms with Gasteiger partial charge in [0.05, 0.1) is 0 Å². The van der Waals surface area contributed by atoms with Gasteiger partial charge < -0.3 is 10.6 Å². The highest BCUT2D eigenvalue weighted by atomic mass is 15.1. The van der Waals surface area contributed by atoms with Gasteiger partial charge in [-0.3, -0.25) is 10.4 Å². The number of nitrogens with zero attached hydrogens (tertiary/aromatic N) is 2. The SMILES string of the molecule is CN(Cc1ccnc(C(=N)N)c1)CC(C)(C)C. The van der Waals surface area contributed by atoms with Crippen molar-refractivity contribution in [2.45, 2.75) is 27.3 Å². The van der Waals surface area contributed by atoms with E-state index in [1.165, 1.54) is 0 Å². The Bertz CT molecular complexity index is 393. The quantitative estimate of drug-likeness (QED) is 0.617. The lowest BCUT2D eigenvalue weighted by Crippen LogP contribution is -2.29. The number of rotatable bonds is 4. The van der Waals surface area contributed by atoms with Gasteiger partial charge in [0, 0.05) is 19.3 Å². The Morgan fingerprint density at radius 1 is 1.47 bits per heavy atom. The molecule has 0 aliphatic heterocycles. The Labute approximate surface area is 103 Å². The minimum Gasteiger partial charge on any atom is -0.382 e. The zero-order valence-electron chi connectivity index (χ0n) is 11.1. The van der Waals surface area contributed by atoms with Crippen molar-refractivity contribution in [1.82, 2.24) is 9.88 Å². The zero-order valence-corrected chi connectivity index (χ0v) is 11.1. The molecule has 1 aromatic heterocycles. The first-order valence-corrected chi connectivity index (χ1v) is 5.76. The summed E-state index contributed by atoms with van der Waals surface area (Å²) in [6.45, 7) is 8.52. The van der Waals surface area contributed by atoms with E-state index in [2.05, 4.69) is 37.7 Å². The van der Waals surface area contributed by atoms with Crippen molar-refractivity contribution in [3.8, 4) is 0 Å². The molecule has 0 bridgehead atoms. The Morgan fingerprint density at radius 2 is 2.12 bits per heavy atom. The number of pyridine rings is 1. The molecule has 1 aromatic rings. The first-order valence-electron chi connectivity index (χ1n) is 5.76. The predicted octanol–water partition coefficient (Wildman–Crippen LogP) is 1.84. The molecule has 0 radical (unpaired) electrons. The second-order valence-electron chi connectivity index (χ2n) is 5.70. The van der Waals surface area contributed by atoms with Crippen LogP contribution < -0.4 is 5.73 Å². The smallest absolute Gasteiger partial charge is 0.141 e. The van der Waals surface area contributed by atoms with Gasteiger partial charge in [-0.2, -0.15) is 0 Å². The van der Waals surface area contributed by atoms with Crippen LogP contribution in [-0.4, -0.2) is 29.3 Å². The fraction of sp³-hybridized carbons (Fsp3) is 0.538. The lowest BCUT2D eigenvalue weighted by Gasteiger charge is -2.26. The molecule has 0 unspecified atom stereocenters. The molecule has 0 spiro atoms. The summed E-state index contributed by atoms with van der Waals surface area (Å²) >= 11 is 0. The van der Waals surface area contributed by atoms with Gasteiger partial charge in [0.25, 0.3) is 0 Å². The van der Waals surface area contributed by atoms with Crippen LogP contribution >= 0.6 is 0 Å². The molecule has 0 aromatic carbocycles. The average molecular weight is 234 g/mol. The molecule has 1 heterocycles. The summed E-state index contributed by atoms with van der Waals surface area (Å²) in [5.41, 5.74) is 7.39. The molecule has 0 saturated carbocycles. The van der Waals surface area contributed by atoms with E-state index < -0.39 is 0 Å². The van der Waals surface area contributed by atoms with Gasteiger partial charge in [0.15, 0.2) is 0 Å². The summed E-state index contributed by atoms with van der Waals surface area (Å²) in [5, 5.41) is 7.36. The maximum atomic E-state index is 7.36. The Hall–Kier alpha value is -1.42. The molecule has 0 aliphatic rings. The van der Waals surface area contributed by atoms with Crippen molar-refractivity contribution in [2.75, 3.05) is 13.6 Å². The second-order valence-corrected chi connectivity index (χ2v) is 5.70. The highest BCUT2D eigenvalue weighted by Gasteiger charge is 2.13. The van der Waals surface area contributed by atoms with E-state index in [-0.39, 0.29) is 11.3 Å². The minimum atomic E-state index is 0.0188. The minimum absolute atomic E-state index is 0.0188. The van der Waals surface area contributed by atoms with Crippen LogP contribution in [0.3, 0.4) is 0 Å². The molecule has 4 heteroatoms. The van der Waals surface area contributed by atoms with Crippen LogP contribution in [0, 0.1) is 10.8 Å². The van der Waals surface area contributed by atoms with Crippen molar-refractivity contribution < 1.29 is 0 Å². The number of hydrogen-bond acceptors (Lipinski definition) is 3. The van der Waals surface area contributed by atoms with E-state index in [0.717, 1.165) is 18.7 Å². The molecule has 1 rings (SSSR count). The highest BCUT2D eigenvalue weighted by molar-refractivity contribution is 5.93. The van der Waals surface area contributed by atoms with E-state index >= 15 is 0 Å². The summed E-state index contributed by atoms with van der Waals surface area (Å²) in [6, 6.07) is 3.84. The van der Waals surface area contributed by atoms with Crippen molar-refractivity contribution in [1.29, 1.82) is 5.41 Å². The van der Waals surface area contributed by atoms with Crippen LogP contribution in [0.2, 0.25) is 0 Å². The number of amidine groups is 1. The van der Waals surface area contributed by atoms with Crippen molar-refractivity contribution in [3.63, 3.8) is 0 Å². The summed E-state index contributed by atoms with van der Waals surface area (Å²) in [7, 11) is 2.10. The zero-order chi connectivity index (χ0) is 13.1. The maximum Gasteiger partial charge on any atom is 0.141 e. The Kier molecular flexibility index (Phi) is 4.23. The number of hydrogen-bond donors (Lipinski definition) is 2. The van der Waals surface area contributed by atoms with Crippen molar-refractivity contribution in [2.24, 2.45) is 11.1 Å². The molecule has 17 heavy (non-hydrogen) atoms. The number of nitrogens with two attached hydrogens (primary N) is 1. The number of nitrogen functional groups attached to an aromatic ring is 1. The lowest BCUT2D eigenvalue weighted by molar-refractivity contribution is 0.221. The van der Waals surface area contributed by atoms with Gasteiger partial charge in [0.2, 0.25) is 0 Å². The highest BCUT2D eigenvalue weighted by Crippen LogP contribution is 2.15. The molecule has 3 N–H and O–H groups in total. The van der Waals surface area contributed by atoms with Gasteiger partial charge in [-0.1, -0.05) is 20.8 Å². The van der Waals surface area contributed by atoms with Crippen LogP contribution in [0.1, 0.15) is 32.0 Å². The van der Waals surface area contributed by atoms with E-state index in [4.69, 9.17) is 11.1 Å². The average Bonchev–Trinajstić information content (AvgIpc) is 2.14. The molecular weight excluding hydrogens is 212 g/mol. The van der Waals surface area contributed by atoms with Gasteiger partial charge in [-0.25, -0.2) is 0 Å². The molecule has 94 valence electrons. The predicted molar refractivity (Wildman–Crippen MR) is 71.0 cm³/mol. The van der Waals surface area contributed by atoms with Gasteiger partial charge >= 0.3 is 0 Å². The topological polar surface area (TPSA) is 66.0 Å². The fourth-order valence-electron chi connectivity index (χ4n) is 1.90. The van der Waals surface area contributed by atoms with Crippen LogP contribution in [0.15, 0.2) is 18.3 Å². The van der Waals surface area contributed by atoms with E-state index in [9.17, 15) is 0 Å². The molecule has 0 amide bonds. The summed E-state index contributed by atoms with van der Waals surface area (Å²) in [4.78, 5) is 6.32. The Morgan fingerprint density at radius 3 is 2.65 bits per heavy atom. The van der Waals surface area contributed by atoms with Gasteiger partial charge in [0.1, 0.15) is 11.5 Å². The van der Waals surface area contributed by atoms with E-state index in [1.54, 1.807) is 6.20 Å². The van der Waals surface area contributed by atoms with Crippen LogP contribution in [0.5, 0.6) is 0 Å². The van der Waals surface area contributed by atoms with Crippen molar-refractivity contribution in [3.05, 3.63) is 29.6 Å². The Balaban J connectivity index is 2.68. The third-order valence-electron chi connectivity index (χ3n) is 2.30. The van der Waals surface area contributed by atoms with Crippen LogP contribution in [0.4, 0.5) is 0 Å². The molecule has 0 atom stereocenters. The van der Waals surface area contributed by atoms with E-state index in [1.807, 2.05) is 12.1 Å². The second kappa shape index (κ2) is 5.27. The fourth-order valence-corrected chi connectivity index (χ4v) is 1.90. The molecule has 0 aliphatic carbocycles. The monoisotopic (exact) mass is 234 g/mol. The van der Waals surface area contributed by atoms with Gasteiger partial charge in [-0.15, -0.1) is 0 Å². The largest absolute Gasteiger partial charge is 0.382 e.